The minimum atomic E-state index is -3.68. The minimum absolute atomic E-state index is 0.0745. The van der Waals surface area contributed by atoms with Gasteiger partial charge in [-0.15, -0.1) is 0 Å². The highest BCUT2D eigenvalue weighted by Crippen LogP contribution is 2.23. The van der Waals surface area contributed by atoms with Crippen molar-refractivity contribution in [3.63, 3.8) is 0 Å². The Labute approximate surface area is 185 Å². The summed E-state index contributed by atoms with van der Waals surface area (Å²) in [5.74, 6) is -1.19. The summed E-state index contributed by atoms with van der Waals surface area (Å²) in [5, 5.41) is 11.2. The summed E-state index contributed by atoms with van der Waals surface area (Å²) in [6.07, 6.45) is 0. The zero-order valence-electron chi connectivity index (χ0n) is 17.2. The number of piperazine rings is 1. The number of hydrogen-bond donors (Lipinski definition) is 1. The van der Waals surface area contributed by atoms with Gasteiger partial charge in [-0.05, 0) is 41.1 Å². The second-order valence-electron chi connectivity index (χ2n) is 7.42. The number of carbonyl (C=O) groups is 2. The van der Waals surface area contributed by atoms with Crippen LogP contribution in [0.15, 0.2) is 71.6 Å². The van der Waals surface area contributed by atoms with E-state index in [2.05, 4.69) is 0 Å². The van der Waals surface area contributed by atoms with Crippen molar-refractivity contribution in [2.45, 2.75) is 4.90 Å². The molecule has 3 aromatic carbocycles. The molecular weight excluding hydrogens is 432 g/mol. The maximum absolute atomic E-state index is 13.0. The van der Waals surface area contributed by atoms with E-state index >= 15 is 0 Å². The Morgan fingerprint density at radius 2 is 1.59 bits per heavy atom. The first-order valence-corrected chi connectivity index (χ1v) is 11.5. The fourth-order valence-corrected chi connectivity index (χ4v) is 5.05. The molecule has 1 aliphatic rings. The highest BCUT2D eigenvalue weighted by molar-refractivity contribution is 7.89. The molecule has 0 aromatic heterocycles. The number of rotatable bonds is 5. The largest absolute Gasteiger partial charge is 0.508 e. The SMILES string of the molecule is O=C(OCC(=O)N1CCN(S(=O)(=O)c2ccc3ccccc3c2)CC1)c1cccc(O)c1. The second-order valence-corrected chi connectivity index (χ2v) is 9.36. The predicted octanol–water partition coefficient (Wildman–Crippen LogP) is 2.24. The zero-order chi connectivity index (χ0) is 22.7. The van der Waals surface area contributed by atoms with Crippen LogP contribution in [-0.4, -0.2) is 67.4 Å². The monoisotopic (exact) mass is 454 g/mol. The fraction of sp³-hybridized carbons (Fsp3) is 0.217. The minimum Gasteiger partial charge on any atom is -0.508 e. The molecule has 0 saturated carbocycles. The number of nitrogens with zero attached hydrogens (tertiary/aromatic N) is 2. The highest BCUT2D eigenvalue weighted by Gasteiger charge is 2.30. The molecule has 0 aliphatic carbocycles. The van der Waals surface area contributed by atoms with Crippen LogP contribution in [0.4, 0.5) is 0 Å². The van der Waals surface area contributed by atoms with E-state index in [0.29, 0.717) is 0 Å². The van der Waals surface area contributed by atoms with Gasteiger partial charge in [0.05, 0.1) is 10.5 Å². The van der Waals surface area contributed by atoms with Crippen LogP contribution in [-0.2, 0) is 19.6 Å². The summed E-state index contributed by atoms with van der Waals surface area (Å²) in [6.45, 7) is 0.263. The molecule has 1 heterocycles. The molecule has 1 N–H and O–H groups in total. The third kappa shape index (κ3) is 4.58. The Balaban J connectivity index is 1.34. The average molecular weight is 455 g/mol. The van der Waals surface area contributed by atoms with Crippen molar-refractivity contribution in [1.29, 1.82) is 0 Å². The number of sulfonamides is 1. The number of amides is 1. The van der Waals surface area contributed by atoms with Crippen LogP contribution in [0.3, 0.4) is 0 Å². The lowest BCUT2D eigenvalue weighted by molar-refractivity contribution is -0.135. The molecule has 0 atom stereocenters. The summed E-state index contributed by atoms with van der Waals surface area (Å²) < 4.78 is 32.5. The quantitative estimate of drug-likeness (QED) is 0.593. The summed E-state index contributed by atoms with van der Waals surface area (Å²) >= 11 is 0. The van der Waals surface area contributed by atoms with E-state index in [9.17, 15) is 23.1 Å². The Kier molecular flexibility index (Phi) is 6.11. The Bertz CT molecular complexity index is 1270. The molecule has 0 bridgehead atoms. The molecule has 3 aromatic rings. The molecular formula is C23H22N2O6S. The van der Waals surface area contributed by atoms with Crippen molar-refractivity contribution in [2.75, 3.05) is 32.8 Å². The van der Waals surface area contributed by atoms with E-state index in [4.69, 9.17) is 4.74 Å². The van der Waals surface area contributed by atoms with Crippen LogP contribution in [0.2, 0.25) is 0 Å². The summed E-state index contributed by atoms with van der Waals surface area (Å²) in [4.78, 5) is 26.1. The predicted molar refractivity (Wildman–Crippen MR) is 118 cm³/mol. The number of esters is 1. The van der Waals surface area contributed by atoms with Gasteiger partial charge in [-0.3, -0.25) is 4.79 Å². The van der Waals surface area contributed by atoms with Gasteiger partial charge in [0.1, 0.15) is 5.75 Å². The van der Waals surface area contributed by atoms with Gasteiger partial charge < -0.3 is 14.7 Å². The average Bonchev–Trinajstić information content (AvgIpc) is 2.82. The van der Waals surface area contributed by atoms with Gasteiger partial charge in [-0.2, -0.15) is 4.31 Å². The van der Waals surface area contributed by atoms with Crippen LogP contribution in [0.5, 0.6) is 5.75 Å². The van der Waals surface area contributed by atoms with Crippen LogP contribution >= 0.6 is 0 Å². The van der Waals surface area contributed by atoms with Gasteiger partial charge >= 0.3 is 5.97 Å². The number of ether oxygens (including phenoxy) is 1. The Morgan fingerprint density at radius 3 is 2.31 bits per heavy atom. The maximum Gasteiger partial charge on any atom is 0.338 e. The number of hydrogen-bond acceptors (Lipinski definition) is 6. The van der Waals surface area contributed by atoms with Gasteiger partial charge in [0.15, 0.2) is 6.61 Å². The molecule has 4 rings (SSSR count). The standard InChI is InChI=1S/C23H22N2O6S/c26-20-7-3-6-19(14-20)23(28)31-16-22(27)24-10-12-25(13-11-24)32(29,30)21-9-8-17-4-1-2-5-18(17)15-21/h1-9,14-15,26H,10-13,16H2. The first-order valence-electron chi connectivity index (χ1n) is 10.1. The molecule has 8 nitrogen and oxygen atoms in total. The molecule has 166 valence electrons. The van der Waals surface area contributed by atoms with Gasteiger partial charge in [0.25, 0.3) is 5.91 Å². The topological polar surface area (TPSA) is 104 Å². The van der Waals surface area contributed by atoms with Crippen molar-refractivity contribution in [2.24, 2.45) is 0 Å². The molecule has 1 amide bonds. The van der Waals surface area contributed by atoms with Crippen molar-refractivity contribution in [1.82, 2.24) is 9.21 Å². The summed E-state index contributed by atoms with van der Waals surface area (Å²) in [5.41, 5.74) is 0.143. The first kappa shape index (κ1) is 21.8. The van der Waals surface area contributed by atoms with E-state index in [-0.39, 0.29) is 42.4 Å². The number of benzene rings is 3. The third-order valence-electron chi connectivity index (χ3n) is 5.36. The maximum atomic E-state index is 13.0. The van der Waals surface area contributed by atoms with Gasteiger partial charge in [-0.25, -0.2) is 13.2 Å². The molecule has 32 heavy (non-hydrogen) atoms. The van der Waals surface area contributed by atoms with Crippen molar-refractivity contribution in [3.05, 3.63) is 72.3 Å². The molecule has 0 radical (unpaired) electrons. The first-order chi connectivity index (χ1) is 15.3. The van der Waals surface area contributed by atoms with E-state index < -0.39 is 28.5 Å². The zero-order valence-corrected chi connectivity index (χ0v) is 18.0. The van der Waals surface area contributed by atoms with Crippen LogP contribution < -0.4 is 0 Å². The second kappa shape index (κ2) is 8.97. The Hall–Kier alpha value is -3.43. The highest BCUT2D eigenvalue weighted by atomic mass is 32.2. The van der Waals surface area contributed by atoms with Gasteiger partial charge in [0.2, 0.25) is 10.0 Å². The van der Waals surface area contributed by atoms with Crippen molar-refractivity contribution in [3.8, 4) is 5.75 Å². The lowest BCUT2D eigenvalue weighted by atomic mass is 10.1. The number of phenols is 1. The van der Waals surface area contributed by atoms with E-state index in [1.165, 1.54) is 33.5 Å². The smallest absolute Gasteiger partial charge is 0.338 e. The molecule has 0 spiro atoms. The van der Waals surface area contributed by atoms with E-state index in [1.54, 1.807) is 18.2 Å². The third-order valence-corrected chi connectivity index (χ3v) is 7.25. The molecule has 1 aliphatic heterocycles. The molecule has 1 saturated heterocycles. The molecule has 0 unspecified atom stereocenters. The number of aromatic hydroxyl groups is 1. The van der Waals surface area contributed by atoms with Gasteiger partial charge in [-0.1, -0.05) is 36.4 Å². The normalized spacial score (nSPS) is 14.9. The summed E-state index contributed by atoms with van der Waals surface area (Å²) in [7, 11) is -3.68. The van der Waals surface area contributed by atoms with Gasteiger partial charge in [0, 0.05) is 26.2 Å². The molecule has 9 heteroatoms. The van der Waals surface area contributed by atoms with E-state index in [0.717, 1.165) is 10.8 Å². The Morgan fingerprint density at radius 1 is 0.875 bits per heavy atom. The number of carbonyl (C=O) groups excluding carboxylic acids is 2. The van der Waals surface area contributed by atoms with E-state index in [1.807, 2.05) is 24.3 Å². The van der Waals surface area contributed by atoms with Crippen LogP contribution in [0, 0.1) is 0 Å². The van der Waals surface area contributed by atoms with Crippen molar-refractivity contribution >= 4 is 32.7 Å². The lowest BCUT2D eigenvalue weighted by Crippen LogP contribution is -2.51. The van der Waals surface area contributed by atoms with Crippen LogP contribution in [0.1, 0.15) is 10.4 Å². The van der Waals surface area contributed by atoms with Crippen molar-refractivity contribution < 1.29 is 27.9 Å². The number of phenolic OH excluding ortho intramolecular Hbond substituents is 1. The number of fused-ring (bicyclic) bond motifs is 1. The lowest BCUT2D eigenvalue weighted by Gasteiger charge is -2.33. The fourth-order valence-electron chi connectivity index (χ4n) is 3.59. The summed E-state index contributed by atoms with van der Waals surface area (Å²) in [6, 6.07) is 18.2. The van der Waals surface area contributed by atoms with Crippen LogP contribution in [0.25, 0.3) is 10.8 Å². The molecule has 1 fully saturated rings.